The number of benzene rings is 2. The number of aliphatic hydroxyl groups excluding tert-OH is 2. The van der Waals surface area contributed by atoms with Gasteiger partial charge in [-0.3, -0.25) is 14.4 Å². The number of nitrogens with one attached hydrogen (secondary N) is 1. The van der Waals surface area contributed by atoms with Crippen LogP contribution >= 0.6 is 0 Å². The smallest absolute Gasteiger partial charge is 0.308 e. The lowest BCUT2D eigenvalue weighted by Crippen LogP contribution is -2.31. The molecule has 10 heteroatoms. The van der Waals surface area contributed by atoms with Crippen molar-refractivity contribution in [2.45, 2.75) is 64.7 Å². The number of halogens is 1. The third-order valence-electron chi connectivity index (χ3n) is 6.96. The van der Waals surface area contributed by atoms with Crippen LogP contribution in [0.1, 0.15) is 62.3 Å². The number of amides is 1. The number of methoxy groups -OCH3 is 1. The molecule has 2 aromatic carbocycles. The molecular formula is C33H40FN3O6. The van der Waals surface area contributed by atoms with E-state index in [1.807, 2.05) is 48.7 Å². The second-order valence-corrected chi connectivity index (χ2v) is 10.8. The second kappa shape index (κ2) is 15.3. The van der Waals surface area contributed by atoms with Gasteiger partial charge in [0.1, 0.15) is 11.5 Å². The molecule has 0 saturated heterocycles. The minimum Gasteiger partial charge on any atom is -0.469 e. The Morgan fingerprint density at radius 3 is 2.21 bits per heavy atom. The Hall–Kier alpha value is -4.28. The molecule has 43 heavy (non-hydrogen) atoms. The summed E-state index contributed by atoms with van der Waals surface area (Å²) in [5, 5.41) is 23.9. The number of hydrogen-bond donors (Lipinski definition) is 4. The van der Waals surface area contributed by atoms with E-state index in [2.05, 4.69) is 10.1 Å². The van der Waals surface area contributed by atoms with Gasteiger partial charge in [0, 0.05) is 34.6 Å². The van der Waals surface area contributed by atoms with Crippen molar-refractivity contribution >= 4 is 17.7 Å². The number of carbonyl (C=O) groups is 3. The molecule has 230 valence electrons. The number of nitrogens with zero attached hydrogens (tertiary/aromatic N) is 1. The number of aromatic nitrogens is 1. The van der Waals surface area contributed by atoms with E-state index >= 15 is 0 Å². The van der Waals surface area contributed by atoms with Crippen LogP contribution in [0.2, 0.25) is 0 Å². The highest BCUT2D eigenvalue weighted by atomic mass is 19.1. The average Bonchev–Trinajstić information content (AvgIpc) is 3.30. The molecule has 3 rings (SSSR count). The summed E-state index contributed by atoms with van der Waals surface area (Å²) in [5.41, 5.74) is 10.0. The lowest BCUT2D eigenvalue weighted by Gasteiger charge is -2.20. The number of nitrogens with two attached hydrogens (primary N) is 1. The van der Waals surface area contributed by atoms with E-state index in [1.54, 1.807) is 12.1 Å². The minimum atomic E-state index is -1.08. The molecule has 9 nitrogen and oxygen atoms in total. The lowest BCUT2D eigenvalue weighted by molar-refractivity contribution is -0.143. The predicted molar refractivity (Wildman–Crippen MR) is 163 cm³/mol. The summed E-state index contributed by atoms with van der Waals surface area (Å²) in [4.78, 5) is 37.0. The Morgan fingerprint density at radius 1 is 1.00 bits per heavy atom. The van der Waals surface area contributed by atoms with Gasteiger partial charge < -0.3 is 30.6 Å². The van der Waals surface area contributed by atoms with Crippen LogP contribution in [0.15, 0.2) is 66.4 Å². The number of allylic oxidation sites excluding steroid dienone is 1. The highest BCUT2D eigenvalue weighted by Gasteiger charge is 2.30. The van der Waals surface area contributed by atoms with Gasteiger partial charge in [-0.05, 0) is 63.3 Å². The van der Waals surface area contributed by atoms with E-state index in [1.165, 1.54) is 32.2 Å². The van der Waals surface area contributed by atoms with Crippen molar-refractivity contribution in [3.63, 3.8) is 0 Å². The van der Waals surface area contributed by atoms with Crippen molar-refractivity contribution in [2.75, 3.05) is 13.7 Å². The van der Waals surface area contributed by atoms with Gasteiger partial charge >= 0.3 is 5.97 Å². The van der Waals surface area contributed by atoms with Crippen LogP contribution in [-0.2, 0) is 20.7 Å². The summed E-state index contributed by atoms with van der Waals surface area (Å²) >= 11 is 0. The summed E-state index contributed by atoms with van der Waals surface area (Å²) in [6.07, 6.45) is -0.533. The Kier molecular flexibility index (Phi) is 11.8. The molecule has 3 aromatic rings. The van der Waals surface area contributed by atoms with Crippen LogP contribution in [0.25, 0.3) is 22.3 Å². The fourth-order valence-electron chi connectivity index (χ4n) is 5.16. The molecule has 0 aliphatic carbocycles. The Balaban J connectivity index is 2.18. The molecule has 0 spiro atoms. The fourth-order valence-corrected chi connectivity index (χ4v) is 5.16. The van der Waals surface area contributed by atoms with E-state index in [4.69, 9.17) is 5.73 Å². The number of aliphatic hydroxyl groups is 2. The Labute approximate surface area is 251 Å². The molecule has 0 unspecified atom stereocenters. The maximum Gasteiger partial charge on any atom is 0.308 e. The van der Waals surface area contributed by atoms with Gasteiger partial charge in [-0.2, -0.15) is 0 Å². The molecule has 0 aliphatic heterocycles. The van der Waals surface area contributed by atoms with Crippen LogP contribution in [-0.4, -0.2) is 58.3 Å². The molecule has 5 N–H and O–H groups in total. The first-order valence-corrected chi connectivity index (χ1v) is 14.2. The second-order valence-electron chi connectivity index (χ2n) is 10.8. The zero-order valence-electron chi connectivity index (χ0n) is 25.0. The SMILES string of the molecule is COC(=O)C[C@H](O)C[C@H](O)CCc1c(-c2ccc(F)cc2)c(-c2ccccc2)c(C(=O)NC/C(N)=C/C(C)=O)n1C(C)C. The average molecular weight is 594 g/mol. The summed E-state index contributed by atoms with van der Waals surface area (Å²) in [7, 11) is 1.23. The fraction of sp³-hybridized carbons (Fsp3) is 0.364. The van der Waals surface area contributed by atoms with Crippen LogP contribution in [0.5, 0.6) is 0 Å². The molecule has 0 bridgehead atoms. The quantitative estimate of drug-likeness (QED) is 0.161. The van der Waals surface area contributed by atoms with Crippen LogP contribution in [0.4, 0.5) is 4.39 Å². The summed E-state index contributed by atoms with van der Waals surface area (Å²) in [6.45, 7) is 5.19. The summed E-state index contributed by atoms with van der Waals surface area (Å²) < 4.78 is 20.5. The monoisotopic (exact) mass is 593 g/mol. The summed E-state index contributed by atoms with van der Waals surface area (Å²) in [5.74, 6) is -1.64. The topological polar surface area (TPSA) is 144 Å². The highest BCUT2D eigenvalue weighted by molar-refractivity contribution is 6.05. The first-order chi connectivity index (χ1) is 20.4. The van der Waals surface area contributed by atoms with Gasteiger partial charge in [0.25, 0.3) is 5.91 Å². The van der Waals surface area contributed by atoms with Crippen molar-refractivity contribution in [1.29, 1.82) is 0 Å². The van der Waals surface area contributed by atoms with E-state index in [9.17, 15) is 29.0 Å². The molecule has 2 atom stereocenters. The van der Waals surface area contributed by atoms with Gasteiger partial charge in [-0.15, -0.1) is 0 Å². The highest BCUT2D eigenvalue weighted by Crippen LogP contribution is 2.42. The summed E-state index contributed by atoms with van der Waals surface area (Å²) in [6, 6.07) is 15.1. The number of carbonyl (C=O) groups excluding carboxylic acids is 3. The van der Waals surface area contributed by atoms with Crippen molar-refractivity contribution in [3.8, 4) is 22.3 Å². The standard InChI is InChI=1S/C33H40FN3O6/c1-20(2)37-28(15-14-26(39)17-27(40)18-29(41)43-4)30(23-10-12-24(34)13-11-23)31(22-8-6-5-7-9-22)32(37)33(42)36-19-25(35)16-21(3)38/h5-13,16,20,26-27,39-40H,14-15,17-19,35H2,1-4H3,(H,36,42)/b25-16-/t26-,27-/m1/s1. The zero-order valence-corrected chi connectivity index (χ0v) is 25.0. The molecule has 0 aliphatic rings. The first-order valence-electron chi connectivity index (χ1n) is 14.2. The number of hydrogen-bond acceptors (Lipinski definition) is 7. The van der Waals surface area contributed by atoms with Crippen molar-refractivity contribution in [2.24, 2.45) is 5.73 Å². The lowest BCUT2D eigenvalue weighted by atomic mass is 9.92. The van der Waals surface area contributed by atoms with Gasteiger partial charge in [0.05, 0.1) is 32.3 Å². The van der Waals surface area contributed by atoms with E-state index in [0.29, 0.717) is 28.8 Å². The van der Waals surface area contributed by atoms with E-state index < -0.39 is 29.9 Å². The molecule has 0 radical (unpaired) electrons. The largest absolute Gasteiger partial charge is 0.469 e. The van der Waals surface area contributed by atoms with Gasteiger partial charge in [-0.25, -0.2) is 4.39 Å². The number of ether oxygens (including phenoxy) is 1. The Morgan fingerprint density at radius 2 is 1.63 bits per heavy atom. The third kappa shape index (κ3) is 8.86. The van der Waals surface area contributed by atoms with Crippen molar-refractivity contribution in [1.82, 2.24) is 9.88 Å². The van der Waals surface area contributed by atoms with Crippen LogP contribution < -0.4 is 11.1 Å². The third-order valence-corrected chi connectivity index (χ3v) is 6.96. The van der Waals surface area contributed by atoms with Gasteiger partial charge in [-0.1, -0.05) is 42.5 Å². The molecule has 1 aromatic heterocycles. The molecule has 1 heterocycles. The van der Waals surface area contributed by atoms with Crippen molar-refractivity contribution in [3.05, 3.63) is 83.6 Å². The van der Waals surface area contributed by atoms with E-state index in [-0.39, 0.29) is 43.3 Å². The maximum atomic E-state index is 14.0. The number of esters is 1. The minimum absolute atomic E-state index is 0.0377. The first kappa shape index (κ1) is 33.2. The molecular weight excluding hydrogens is 553 g/mol. The number of rotatable bonds is 14. The normalized spacial score (nSPS) is 13.1. The number of ketones is 1. The Bertz CT molecular complexity index is 1450. The molecule has 0 fully saturated rings. The van der Waals surface area contributed by atoms with Crippen LogP contribution in [0.3, 0.4) is 0 Å². The van der Waals surface area contributed by atoms with Gasteiger partial charge in [0.15, 0.2) is 5.78 Å². The zero-order chi connectivity index (χ0) is 31.7. The molecule has 0 saturated carbocycles. The van der Waals surface area contributed by atoms with Crippen LogP contribution in [0, 0.1) is 5.82 Å². The maximum absolute atomic E-state index is 14.0. The van der Waals surface area contributed by atoms with Gasteiger partial charge in [0.2, 0.25) is 0 Å². The van der Waals surface area contributed by atoms with E-state index in [0.717, 1.165) is 11.3 Å². The predicted octanol–water partition coefficient (Wildman–Crippen LogP) is 4.31. The van der Waals surface area contributed by atoms with Crippen molar-refractivity contribution < 1.29 is 33.7 Å². The molecule has 1 amide bonds.